The number of benzene rings is 1. The molecule has 1 aromatic heterocycles. The second kappa shape index (κ2) is 9.20. The minimum atomic E-state index is -0.539. The number of nitrogens with one attached hydrogen (secondary N) is 1. The highest BCUT2D eigenvalue weighted by Crippen LogP contribution is 2.21. The van der Waals surface area contributed by atoms with Gasteiger partial charge in [0, 0.05) is 32.1 Å². The van der Waals surface area contributed by atoms with Gasteiger partial charge in [0.15, 0.2) is 0 Å². The summed E-state index contributed by atoms with van der Waals surface area (Å²) in [6.45, 7) is 9.09. The Hall–Kier alpha value is -2.40. The molecule has 3 rings (SSSR count). The average Bonchev–Trinajstić information content (AvgIpc) is 2.67. The maximum Gasteiger partial charge on any atom is 0.349 e. The van der Waals surface area contributed by atoms with E-state index in [-0.39, 0.29) is 17.4 Å². The monoisotopic (exact) mass is 382 g/mol. The van der Waals surface area contributed by atoms with E-state index in [1.807, 2.05) is 13.0 Å². The number of nitrogens with zero attached hydrogens (tertiary/aromatic N) is 1. The van der Waals surface area contributed by atoms with Crippen molar-refractivity contribution in [2.45, 2.75) is 52.5 Å². The van der Waals surface area contributed by atoms with Gasteiger partial charge in [-0.05, 0) is 42.5 Å². The number of aryl methyl sites for hydroxylation is 1. The Morgan fingerprint density at radius 1 is 1.29 bits per heavy atom. The largest absolute Gasteiger partial charge is 0.427 e. The zero-order chi connectivity index (χ0) is 20.1. The molecule has 0 radical (unpaired) electrons. The predicted octanol–water partition coefficient (Wildman–Crippen LogP) is 3.64. The molecule has 1 atom stereocenters. The number of carbonyl (C=O) groups is 1. The van der Waals surface area contributed by atoms with Crippen molar-refractivity contribution in [1.29, 1.82) is 0 Å². The third kappa shape index (κ3) is 4.71. The Bertz CT molecular complexity index is 888. The Balaban J connectivity index is 1.57. The van der Waals surface area contributed by atoms with E-state index in [9.17, 15) is 9.59 Å². The van der Waals surface area contributed by atoms with Gasteiger partial charge >= 0.3 is 5.63 Å². The Labute approximate surface area is 166 Å². The van der Waals surface area contributed by atoms with Gasteiger partial charge in [0.25, 0.3) is 5.91 Å². The normalized spacial score (nSPS) is 15.1. The topological polar surface area (TPSA) is 62.6 Å². The van der Waals surface area contributed by atoms with Crippen LogP contribution >= 0.6 is 0 Å². The van der Waals surface area contributed by atoms with Gasteiger partial charge in [0.05, 0.1) is 0 Å². The van der Waals surface area contributed by atoms with Crippen molar-refractivity contribution in [2.75, 3.05) is 19.6 Å². The van der Waals surface area contributed by atoms with Crippen molar-refractivity contribution in [2.24, 2.45) is 0 Å². The van der Waals surface area contributed by atoms with Crippen LogP contribution in [0.4, 0.5) is 0 Å². The highest BCUT2D eigenvalue weighted by atomic mass is 16.4. The van der Waals surface area contributed by atoms with Crippen molar-refractivity contribution in [1.82, 2.24) is 10.2 Å². The smallest absolute Gasteiger partial charge is 0.349 e. The highest BCUT2D eigenvalue weighted by molar-refractivity contribution is 5.95. The molecule has 1 unspecified atom stereocenters. The summed E-state index contributed by atoms with van der Waals surface area (Å²) in [7, 11) is 0. The van der Waals surface area contributed by atoms with Crippen molar-refractivity contribution in [3.63, 3.8) is 0 Å². The van der Waals surface area contributed by atoms with Crippen molar-refractivity contribution in [3.8, 4) is 0 Å². The van der Waals surface area contributed by atoms with Crippen LogP contribution in [0.5, 0.6) is 0 Å². The number of carbonyl (C=O) groups excluding carboxylic acids is 1. The van der Waals surface area contributed by atoms with E-state index in [1.165, 1.54) is 11.1 Å². The van der Waals surface area contributed by atoms with E-state index in [0.29, 0.717) is 17.9 Å². The number of hydrogen-bond acceptors (Lipinski definition) is 4. The van der Waals surface area contributed by atoms with Crippen LogP contribution in [0.3, 0.4) is 0 Å². The van der Waals surface area contributed by atoms with Crippen molar-refractivity contribution in [3.05, 3.63) is 68.8 Å². The molecule has 0 aliphatic carbocycles. The third-order valence-corrected chi connectivity index (χ3v) is 5.53. The summed E-state index contributed by atoms with van der Waals surface area (Å²) in [5.41, 5.74) is 3.03. The third-order valence-electron chi connectivity index (χ3n) is 5.53. The summed E-state index contributed by atoms with van der Waals surface area (Å²) in [5, 5.41) is 2.89. The van der Waals surface area contributed by atoms with Gasteiger partial charge < -0.3 is 9.73 Å². The number of amides is 1. The van der Waals surface area contributed by atoms with Crippen LogP contribution in [0, 0.1) is 6.92 Å². The summed E-state index contributed by atoms with van der Waals surface area (Å²) in [6.07, 6.45) is 3.00. The summed E-state index contributed by atoms with van der Waals surface area (Å²) < 4.78 is 5.43. The first kappa shape index (κ1) is 20.3. The average molecular weight is 383 g/mol. The first-order valence-electron chi connectivity index (χ1n) is 10.2. The second-order valence-electron chi connectivity index (χ2n) is 7.73. The molecule has 0 spiro atoms. The molecule has 0 saturated heterocycles. The van der Waals surface area contributed by atoms with Crippen LogP contribution in [0.15, 0.2) is 39.5 Å². The fourth-order valence-electron chi connectivity index (χ4n) is 3.88. The SMILES string of the molecule is CCCC(C)c1cc(C)c(C(=O)NCCN2CCc3ccccc3C2)c(=O)o1. The van der Waals surface area contributed by atoms with Crippen LogP contribution in [0.2, 0.25) is 0 Å². The Kier molecular flexibility index (Phi) is 6.68. The van der Waals surface area contributed by atoms with Crippen molar-refractivity contribution >= 4 is 5.91 Å². The van der Waals surface area contributed by atoms with E-state index in [1.54, 1.807) is 6.92 Å². The van der Waals surface area contributed by atoms with E-state index < -0.39 is 5.63 Å². The zero-order valence-electron chi connectivity index (χ0n) is 17.1. The second-order valence-corrected chi connectivity index (χ2v) is 7.73. The molecule has 2 heterocycles. The van der Waals surface area contributed by atoms with Gasteiger partial charge in [0.2, 0.25) is 0 Å². The van der Waals surface area contributed by atoms with Crippen LogP contribution in [0.25, 0.3) is 0 Å². The number of rotatable bonds is 7. The highest BCUT2D eigenvalue weighted by Gasteiger charge is 2.20. The molecule has 1 aliphatic rings. The van der Waals surface area contributed by atoms with Gasteiger partial charge in [-0.1, -0.05) is 44.5 Å². The summed E-state index contributed by atoms with van der Waals surface area (Å²) in [5.74, 6) is 0.488. The molecule has 0 fully saturated rings. The molecule has 2 aromatic rings. The zero-order valence-corrected chi connectivity index (χ0v) is 17.1. The molecule has 0 bridgehead atoms. The maximum absolute atomic E-state index is 12.5. The minimum absolute atomic E-state index is 0.122. The Morgan fingerprint density at radius 3 is 2.75 bits per heavy atom. The minimum Gasteiger partial charge on any atom is -0.427 e. The molecule has 1 aromatic carbocycles. The predicted molar refractivity (Wildman–Crippen MR) is 111 cm³/mol. The molecular weight excluding hydrogens is 352 g/mol. The van der Waals surface area contributed by atoms with E-state index >= 15 is 0 Å². The molecule has 1 N–H and O–H groups in total. The van der Waals surface area contributed by atoms with E-state index in [4.69, 9.17) is 4.42 Å². The molecule has 1 aliphatic heterocycles. The maximum atomic E-state index is 12.5. The standard InChI is InChI=1S/C23H30N2O3/c1-4-7-16(2)20-14-17(3)21(23(27)28-20)22(26)24-11-13-25-12-10-18-8-5-6-9-19(18)15-25/h5-6,8-9,14,16H,4,7,10-13,15H2,1-3H3,(H,24,26). The summed E-state index contributed by atoms with van der Waals surface area (Å²) >= 11 is 0. The van der Waals surface area contributed by atoms with Crippen molar-refractivity contribution < 1.29 is 9.21 Å². The molecule has 28 heavy (non-hydrogen) atoms. The lowest BCUT2D eigenvalue weighted by molar-refractivity contribution is 0.0942. The lowest BCUT2D eigenvalue weighted by Gasteiger charge is -2.28. The van der Waals surface area contributed by atoms with Crippen LogP contribution in [-0.2, 0) is 13.0 Å². The van der Waals surface area contributed by atoms with Gasteiger partial charge in [0.1, 0.15) is 11.3 Å². The van der Waals surface area contributed by atoms with E-state index in [2.05, 4.69) is 41.4 Å². The molecule has 150 valence electrons. The fraction of sp³-hybridized carbons (Fsp3) is 0.478. The molecule has 5 heteroatoms. The molecule has 1 amide bonds. The Morgan fingerprint density at radius 2 is 2.04 bits per heavy atom. The molecule has 0 saturated carbocycles. The lowest BCUT2D eigenvalue weighted by atomic mass is 10.00. The number of hydrogen-bond donors (Lipinski definition) is 1. The quantitative estimate of drug-likeness (QED) is 0.794. The first-order chi connectivity index (χ1) is 13.5. The summed E-state index contributed by atoms with van der Waals surface area (Å²) in [4.78, 5) is 27.2. The van der Waals surface area contributed by atoms with E-state index in [0.717, 1.165) is 38.9 Å². The molecular formula is C23H30N2O3. The fourth-order valence-corrected chi connectivity index (χ4v) is 3.88. The van der Waals surface area contributed by atoms with Crippen LogP contribution in [-0.4, -0.2) is 30.4 Å². The van der Waals surface area contributed by atoms with Gasteiger partial charge in [-0.3, -0.25) is 9.69 Å². The first-order valence-corrected chi connectivity index (χ1v) is 10.2. The summed E-state index contributed by atoms with van der Waals surface area (Å²) in [6, 6.07) is 10.3. The van der Waals surface area contributed by atoms with Crippen LogP contribution < -0.4 is 10.9 Å². The lowest BCUT2D eigenvalue weighted by Crippen LogP contribution is -2.39. The molecule has 5 nitrogen and oxygen atoms in total. The number of fused-ring (bicyclic) bond motifs is 1. The van der Waals surface area contributed by atoms with Crippen LogP contribution in [0.1, 0.15) is 65.4 Å². The van der Waals surface area contributed by atoms with Gasteiger partial charge in [-0.2, -0.15) is 0 Å². The van der Waals surface area contributed by atoms with Gasteiger partial charge in [-0.15, -0.1) is 0 Å². The van der Waals surface area contributed by atoms with Gasteiger partial charge in [-0.25, -0.2) is 4.79 Å².